The van der Waals surface area contributed by atoms with Gasteiger partial charge in [-0.2, -0.15) is 0 Å². The third-order valence-electron chi connectivity index (χ3n) is 4.45. The molecule has 2 N–H and O–H groups in total. The van der Waals surface area contributed by atoms with Crippen LogP contribution >= 0.6 is 12.2 Å². The van der Waals surface area contributed by atoms with Gasteiger partial charge in [0, 0.05) is 12.2 Å². The molecule has 0 aromatic heterocycles. The minimum Gasteiger partial charge on any atom is -0.477 e. The van der Waals surface area contributed by atoms with Gasteiger partial charge in [-0.3, -0.25) is 4.79 Å². The lowest BCUT2D eigenvalue weighted by molar-refractivity contribution is -0.127. The van der Waals surface area contributed by atoms with E-state index in [9.17, 15) is 4.79 Å². The largest absolute Gasteiger partial charge is 0.477 e. The number of rotatable bonds is 5. The minimum atomic E-state index is -0.604. The van der Waals surface area contributed by atoms with Crippen molar-refractivity contribution in [3.8, 4) is 5.75 Å². The molecule has 0 spiro atoms. The molecule has 1 atom stereocenters. The smallest absolute Gasteiger partial charge is 0.262 e. The summed E-state index contributed by atoms with van der Waals surface area (Å²) in [5.74, 6) is 0.541. The number of amides is 1. The van der Waals surface area contributed by atoms with E-state index in [0.717, 1.165) is 24.2 Å². The Morgan fingerprint density at radius 2 is 2.04 bits per heavy atom. The fourth-order valence-electron chi connectivity index (χ4n) is 2.99. The van der Waals surface area contributed by atoms with Crippen LogP contribution in [0.25, 0.3) is 0 Å². The Morgan fingerprint density at radius 1 is 1.22 bits per heavy atom. The zero-order valence-corrected chi connectivity index (χ0v) is 16.5. The minimum absolute atomic E-state index is 0.118. The number of hydrogen-bond acceptors (Lipinski definition) is 3. The number of hydrogen-bond donors (Lipinski definition) is 2. The van der Waals surface area contributed by atoms with E-state index in [2.05, 4.69) is 29.7 Å². The van der Waals surface area contributed by atoms with Crippen LogP contribution in [0.3, 0.4) is 0 Å². The van der Waals surface area contributed by atoms with Gasteiger partial charge in [0.05, 0.1) is 12.2 Å². The second-order valence-electron chi connectivity index (χ2n) is 6.46. The highest BCUT2D eigenvalue weighted by Crippen LogP contribution is 2.33. The molecule has 142 valence electrons. The van der Waals surface area contributed by atoms with Crippen LogP contribution in [-0.4, -0.2) is 30.2 Å². The molecule has 1 aliphatic rings. The molecular formula is C21H25N3O2S. The Balaban J connectivity index is 1.81. The molecule has 0 fully saturated rings. The second-order valence-corrected chi connectivity index (χ2v) is 6.85. The van der Waals surface area contributed by atoms with E-state index in [1.165, 1.54) is 5.56 Å². The van der Waals surface area contributed by atoms with Crippen molar-refractivity contribution < 1.29 is 9.53 Å². The van der Waals surface area contributed by atoms with Crippen LogP contribution in [-0.2, 0) is 11.2 Å². The average molecular weight is 384 g/mol. The van der Waals surface area contributed by atoms with Crippen molar-refractivity contribution in [2.75, 3.05) is 23.3 Å². The third-order valence-corrected chi connectivity index (χ3v) is 4.77. The van der Waals surface area contributed by atoms with Crippen LogP contribution in [0.15, 0.2) is 48.5 Å². The van der Waals surface area contributed by atoms with Gasteiger partial charge in [0.25, 0.3) is 5.91 Å². The molecule has 1 aliphatic heterocycles. The summed E-state index contributed by atoms with van der Waals surface area (Å²) in [6.45, 7) is 5.14. The molecule has 1 heterocycles. The molecule has 2 aromatic carbocycles. The standard InChI is InChI=1S/C21H25N3O2S/c1-3-12-22-20(25)19-14-24(17-10-5-6-11-18(17)26-19)21(27)23-16-9-7-8-15(4-2)13-16/h5-11,13,19H,3-4,12,14H2,1-2H3,(H,22,25)(H,23,27)/t19-/m0/s1. The van der Waals surface area contributed by atoms with E-state index < -0.39 is 6.10 Å². The zero-order valence-electron chi connectivity index (χ0n) is 15.7. The van der Waals surface area contributed by atoms with Crippen molar-refractivity contribution >= 4 is 34.6 Å². The topological polar surface area (TPSA) is 53.6 Å². The van der Waals surface area contributed by atoms with E-state index in [1.807, 2.05) is 48.2 Å². The van der Waals surface area contributed by atoms with Gasteiger partial charge in [-0.25, -0.2) is 0 Å². The average Bonchev–Trinajstić information content (AvgIpc) is 2.71. The van der Waals surface area contributed by atoms with Crippen molar-refractivity contribution in [3.63, 3.8) is 0 Å². The van der Waals surface area contributed by atoms with Gasteiger partial charge in [0.1, 0.15) is 5.75 Å². The first-order valence-corrected chi connectivity index (χ1v) is 9.74. The van der Waals surface area contributed by atoms with Crippen LogP contribution in [0.2, 0.25) is 0 Å². The number of nitrogens with one attached hydrogen (secondary N) is 2. The maximum atomic E-state index is 12.5. The molecule has 0 unspecified atom stereocenters. The second kappa shape index (κ2) is 8.86. The number of para-hydroxylation sites is 2. The van der Waals surface area contributed by atoms with Crippen molar-refractivity contribution in [3.05, 3.63) is 54.1 Å². The van der Waals surface area contributed by atoms with E-state index in [0.29, 0.717) is 24.0 Å². The molecule has 2 aromatic rings. The predicted molar refractivity (Wildman–Crippen MR) is 114 cm³/mol. The number of anilines is 2. The maximum Gasteiger partial charge on any atom is 0.262 e. The van der Waals surface area contributed by atoms with Crippen molar-refractivity contribution in [1.82, 2.24) is 5.32 Å². The third kappa shape index (κ3) is 4.57. The molecule has 1 amide bonds. The summed E-state index contributed by atoms with van der Waals surface area (Å²) in [5.41, 5.74) is 3.04. The predicted octanol–water partition coefficient (Wildman–Crippen LogP) is 3.74. The van der Waals surface area contributed by atoms with Crippen LogP contribution < -0.4 is 20.3 Å². The SMILES string of the molecule is CCCNC(=O)[C@@H]1CN(C(=S)Nc2cccc(CC)c2)c2ccccc2O1. The molecule has 0 aliphatic carbocycles. The van der Waals surface area contributed by atoms with E-state index in [-0.39, 0.29) is 5.91 Å². The van der Waals surface area contributed by atoms with Crippen molar-refractivity contribution in [2.24, 2.45) is 0 Å². The first kappa shape index (κ1) is 19.2. The summed E-state index contributed by atoms with van der Waals surface area (Å²) in [5, 5.41) is 6.75. The van der Waals surface area contributed by atoms with Crippen molar-refractivity contribution in [2.45, 2.75) is 32.8 Å². The summed E-state index contributed by atoms with van der Waals surface area (Å²) in [7, 11) is 0. The molecule has 0 saturated heterocycles. The van der Waals surface area contributed by atoms with Gasteiger partial charge >= 0.3 is 0 Å². The number of fused-ring (bicyclic) bond motifs is 1. The van der Waals surface area contributed by atoms with Gasteiger partial charge < -0.3 is 20.3 Å². The fraction of sp³-hybridized carbons (Fsp3) is 0.333. The maximum absolute atomic E-state index is 12.5. The number of ether oxygens (including phenoxy) is 1. The molecule has 27 heavy (non-hydrogen) atoms. The van der Waals surface area contributed by atoms with E-state index >= 15 is 0 Å². The molecule has 0 bridgehead atoms. The van der Waals surface area contributed by atoms with Gasteiger partial charge in [-0.15, -0.1) is 0 Å². The molecule has 6 heteroatoms. The molecular weight excluding hydrogens is 358 g/mol. The number of benzene rings is 2. The molecule has 3 rings (SSSR count). The first-order valence-electron chi connectivity index (χ1n) is 9.33. The molecule has 5 nitrogen and oxygen atoms in total. The fourth-order valence-corrected chi connectivity index (χ4v) is 3.28. The number of aryl methyl sites for hydroxylation is 1. The zero-order chi connectivity index (χ0) is 19.2. The Bertz CT molecular complexity index is 825. The van der Waals surface area contributed by atoms with Crippen molar-refractivity contribution in [1.29, 1.82) is 0 Å². The Labute approximate surface area is 165 Å². The van der Waals surface area contributed by atoms with Crippen LogP contribution in [0.1, 0.15) is 25.8 Å². The quantitative estimate of drug-likeness (QED) is 0.771. The lowest BCUT2D eigenvalue weighted by Crippen LogP contribution is -2.51. The Hall–Kier alpha value is -2.60. The highest BCUT2D eigenvalue weighted by molar-refractivity contribution is 7.80. The summed E-state index contributed by atoms with van der Waals surface area (Å²) < 4.78 is 5.92. The van der Waals surface area contributed by atoms with Gasteiger partial charge in [-0.1, -0.05) is 38.1 Å². The van der Waals surface area contributed by atoms with Crippen LogP contribution in [0.4, 0.5) is 11.4 Å². The Morgan fingerprint density at radius 3 is 2.81 bits per heavy atom. The summed E-state index contributed by atoms with van der Waals surface area (Å²) in [6.07, 6.45) is 1.24. The summed E-state index contributed by atoms with van der Waals surface area (Å²) >= 11 is 5.67. The van der Waals surface area contributed by atoms with Gasteiger partial charge in [-0.05, 0) is 54.9 Å². The number of nitrogens with zero attached hydrogens (tertiary/aromatic N) is 1. The summed E-state index contributed by atoms with van der Waals surface area (Å²) in [6, 6.07) is 15.8. The van der Waals surface area contributed by atoms with E-state index in [4.69, 9.17) is 17.0 Å². The summed E-state index contributed by atoms with van der Waals surface area (Å²) in [4.78, 5) is 14.4. The van der Waals surface area contributed by atoms with Crippen LogP contribution in [0.5, 0.6) is 5.75 Å². The Kier molecular flexibility index (Phi) is 6.29. The number of thiocarbonyl (C=S) groups is 1. The lowest BCUT2D eigenvalue weighted by atomic mass is 10.1. The first-order chi connectivity index (χ1) is 13.1. The van der Waals surface area contributed by atoms with Gasteiger partial charge in [0.2, 0.25) is 0 Å². The lowest BCUT2D eigenvalue weighted by Gasteiger charge is -2.35. The highest BCUT2D eigenvalue weighted by atomic mass is 32.1. The number of carbonyl (C=O) groups excluding carboxylic acids is 1. The highest BCUT2D eigenvalue weighted by Gasteiger charge is 2.32. The molecule has 0 radical (unpaired) electrons. The normalized spacial score (nSPS) is 15.5. The van der Waals surface area contributed by atoms with Crippen LogP contribution in [0, 0.1) is 0 Å². The van der Waals surface area contributed by atoms with Gasteiger partial charge in [0.15, 0.2) is 11.2 Å². The van der Waals surface area contributed by atoms with E-state index in [1.54, 1.807) is 0 Å². The number of carbonyl (C=O) groups is 1. The monoisotopic (exact) mass is 383 g/mol. The molecule has 0 saturated carbocycles.